The number of hydrogen-bond acceptors (Lipinski definition) is 5. The van der Waals surface area contributed by atoms with Crippen LogP contribution in [0.3, 0.4) is 0 Å². The van der Waals surface area contributed by atoms with Gasteiger partial charge in [-0.2, -0.15) is 0 Å². The number of alkyl carbamates (subject to hydrolysis) is 1. The number of aliphatic hydroxyl groups is 1. The molecule has 0 radical (unpaired) electrons. The number of nitrogens with one attached hydrogen (secondary N) is 1. The fourth-order valence-corrected chi connectivity index (χ4v) is 1.82. The number of rotatable bonds is 6. The molecule has 0 aromatic heterocycles. The first-order chi connectivity index (χ1) is 10.7. The van der Waals surface area contributed by atoms with Crippen LogP contribution in [0, 0.1) is 0 Å². The van der Waals surface area contributed by atoms with Crippen molar-refractivity contribution in [3.63, 3.8) is 0 Å². The summed E-state index contributed by atoms with van der Waals surface area (Å²) in [4.78, 5) is 23.6. The molecule has 6 heteroatoms. The van der Waals surface area contributed by atoms with Crippen molar-refractivity contribution in [2.75, 3.05) is 0 Å². The van der Waals surface area contributed by atoms with Gasteiger partial charge in [-0.3, -0.25) is 4.79 Å². The Labute approximate surface area is 136 Å². The topological polar surface area (TPSA) is 84.9 Å². The lowest BCUT2D eigenvalue weighted by atomic mass is 10.1. The number of ether oxygens (including phenoxy) is 2. The molecule has 0 aliphatic rings. The lowest BCUT2D eigenvalue weighted by molar-refractivity contribution is -0.156. The van der Waals surface area contributed by atoms with Gasteiger partial charge in [0.25, 0.3) is 0 Å². The fourth-order valence-electron chi connectivity index (χ4n) is 1.82. The third-order valence-electron chi connectivity index (χ3n) is 2.90. The largest absolute Gasteiger partial charge is 0.460 e. The van der Waals surface area contributed by atoms with Crippen molar-refractivity contribution in [1.82, 2.24) is 5.32 Å². The maximum absolute atomic E-state index is 11.8. The Morgan fingerprint density at radius 1 is 1.22 bits per heavy atom. The minimum Gasteiger partial charge on any atom is -0.460 e. The standard InChI is InChI=1S/C17H25NO5/c1-12(19)14(10-15(20)23-17(2,3)4)18-16(21)22-11-13-8-6-5-7-9-13/h5-9,12,14,19H,10-11H2,1-4H3,(H,18,21)/t12-,14-/m0/s1. The summed E-state index contributed by atoms with van der Waals surface area (Å²) in [7, 11) is 0. The molecule has 0 aliphatic carbocycles. The minimum atomic E-state index is -0.910. The second-order valence-electron chi connectivity index (χ2n) is 6.34. The smallest absolute Gasteiger partial charge is 0.407 e. The molecule has 0 unspecified atom stereocenters. The quantitative estimate of drug-likeness (QED) is 0.785. The van der Waals surface area contributed by atoms with E-state index in [-0.39, 0.29) is 13.0 Å². The second-order valence-corrected chi connectivity index (χ2v) is 6.34. The first-order valence-corrected chi connectivity index (χ1v) is 7.54. The first-order valence-electron chi connectivity index (χ1n) is 7.54. The Kier molecular flexibility index (Phi) is 7.03. The molecule has 1 aromatic rings. The Hall–Kier alpha value is -2.08. The SMILES string of the molecule is C[C@H](O)[C@H](CC(=O)OC(C)(C)C)NC(=O)OCc1ccccc1. The number of esters is 1. The summed E-state index contributed by atoms with van der Waals surface area (Å²) in [6.45, 7) is 6.87. The second kappa shape index (κ2) is 8.53. The van der Waals surface area contributed by atoms with Gasteiger partial charge >= 0.3 is 12.1 Å². The summed E-state index contributed by atoms with van der Waals surface area (Å²) in [5.41, 5.74) is 0.233. The van der Waals surface area contributed by atoms with E-state index in [2.05, 4.69) is 5.32 Å². The minimum absolute atomic E-state index is 0.117. The van der Waals surface area contributed by atoms with Crippen LogP contribution >= 0.6 is 0 Å². The van der Waals surface area contributed by atoms with Gasteiger partial charge in [0, 0.05) is 0 Å². The van der Waals surface area contributed by atoms with Crippen molar-refractivity contribution in [3.8, 4) is 0 Å². The van der Waals surface area contributed by atoms with E-state index in [1.165, 1.54) is 6.92 Å². The highest BCUT2D eigenvalue weighted by molar-refractivity contribution is 5.73. The van der Waals surface area contributed by atoms with Gasteiger partial charge in [-0.15, -0.1) is 0 Å². The van der Waals surface area contributed by atoms with Crippen LogP contribution in [0.1, 0.15) is 39.7 Å². The molecule has 1 amide bonds. The van der Waals surface area contributed by atoms with Crippen molar-refractivity contribution >= 4 is 12.1 Å². The van der Waals surface area contributed by atoms with Crippen molar-refractivity contribution < 1.29 is 24.2 Å². The van der Waals surface area contributed by atoms with Crippen LogP contribution in [0.15, 0.2) is 30.3 Å². The highest BCUT2D eigenvalue weighted by Crippen LogP contribution is 2.11. The summed E-state index contributed by atoms with van der Waals surface area (Å²) < 4.78 is 10.3. The number of carbonyl (C=O) groups excluding carboxylic acids is 2. The predicted octanol–water partition coefficient (Wildman–Crippen LogP) is 2.39. The molecular weight excluding hydrogens is 298 g/mol. The van der Waals surface area contributed by atoms with Gasteiger partial charge in [0.1, 0.15) is 12.2 Å². The first kappa shape index (κ1) is 19.0. The van der Waals surface area contributed by atoms with Crippen LogP contribution in [0.4, 0.5) is 4.79 Å². The monoisotopic (exact) mass is 323 g/mol. The van der Waals surface area contributed by atoms with Crippen LogP contribution in [0.5, 0.6) is 0 Å². The maximum atomic E-state index is 11.8. The molecule has 2 atom stereocenters. The van der Waals surface area contributed by atoms with Crippen molar-refractivity contribution in [2.45, 2.75) is 58.5 Å². The molecule has 0 fully saturated rings. The molecule has 0 saturated carbocycles. The van der Waals surface area contributed by atoms with E-state index in [9.17, 15) is 14.7 Å². The summed E-state index contributed by atoms with van der Waals surface area (Å²) >= 11 is 0. The molecule has 23 heavy (non-hydrogen) atoms. The molecule has 0 spiro atoms. The van der Waals surface area contributed by atoms with E-state index < -0.39 is 29.8 Å². The third kappa shape index (κ3) is 8.21. The molecular formula is C17H25NO5. The fraction of sp³-hybridized carbons (Fsp3) is 0.529. The molecule has 1 rings (SSSR count). The zero-order chi connectivity index (χ0) is 17.5. The molecule has 0 heterocycles. The Morgan fingerprint density at radius 3 is 2.35 bits per heavy atom. The van der Waals surface area contributed by atoms with Gasteiger partial charge in [-0.1, -0.05) is 30.3 Å². The van der Waals surface area contributed by atoms with E-state index in [4.69, 9.17) is 9.47 Å². The van der Waals surface area contributed by atoms with Gasteiger partial charge < -0.3 is 19.9 Å². The van der Waals surface area contributed by atoms with Crippen LogP contribution in [0.2, 0.25) is 0 Å². The van der Waals surface area contributed by atoms with E-state index >= 15 is 0 Å². The van der Waals surface area contributed by atoms with Crippen LogP contribution < -0.4 is 5.32 Å². The summed E-state index contributed by atoms with van der Waals surface area (Å²) in [6, 6.07) is 8.46. The highest BCUT2D eigenvalue weighted by Gasteiger charge is 2.25. The Balaban J connectivity index is 2.48. The number of carbonyl (C=O) groups is 2. The van der Waals surface area contributed by atoms with Gasteiger partial charge in [0.05, 0.1) is 18.6 Å². The lowest BCUT2D eigenvalue weighted by Crippen LogP contribution is -2.44. The highest BCUT2D eigenvalue weighted by atomic mass is 16.6. The molecule has 0 saturated heterocycles. The Bertz CT molecular complexity index is 507. The van der Waals surface area contributed by atoms with Crippen LogP contribution in [-0.4, -0.2) is 34.9 Å². The number of benzene rings is 1. The van der Waals surface area contributed by atoms with Gasteiger partial charge in [0.15, 0.2) is 0 Å². The molecule has 0 bridgehead atoms. The van der Waals surface area contributed by atoms with Gasteiger partial charge in [-0.05, 0) is 33.3 Å². The summed E-state index contributed by atoms with van der Waals surface area (Å²) in [5.74, 6) is -0.494. The van der Waals surface area contributed by atoms with Crippen LogP contribution in [-0.2, 0) is 20.9 Å². The average Bonchev–Trinajstić information content (AvgIpc) is 2.43. The number of hydrogen-bond donors (Lipinski definition) is 2. The van der Waals surface area contributed by atoms with Crippen LogP contribution in [0.25, 0.3) is 0 Å². The van der Waals surface area contributed by atoms with Gasteiger partial charge in [0.2, 0.25) is 0 Å². The van der Waals surface area contributed by atoms with E-state index in [1.807, 2.05) is 30.3 Å². The lowest BCUT2D eigenvalue weighted by Gasteiger charge is -2.24. The zero-order valence-corrected chi connectivity index (χ0v) is 14.0. The number of amides is 1. The summed E-state index contributed by atoms with van der Waals surface area (Å²) in [5, 5.41) is 12.2. The zero-order valence-electron chi connectivity index (χ0n) is 14.0. The predicted molar refractivity (Wildman–Crippen MR) is 85.7 cm³/mol. The molecule has 1 aromatic carbocycles. The van der Waals surface area contributed by atoms with Crippen molar-refractivity contribution in [1.29, 1.82) is 0 Å². The van der Waals surface area contributed by atoms with E-state index in [1.54, 1.807) is 20.8 Å². The molecule has 2 N–H and O–H groups in total. The maximum Gasteiger partial charge on any atom is 0.407 e. The Morgan fingerprint density at radius 2 is 1.83 bits per heavy atom. The van der Waals surface area contributed by atoms with Crippen molar-refractivity contribution in [3.05, 3.63) is 35.9 Å². The van der Waals surface area contributed by atoms with E-state index in [0.29, 0.717) is 0 Å². The van der Waals surface area contributed by atoms with Crippen molar-refractivity contribution in [2.24, 2.45) is 0 Å². The average molecular weight is 323 g/mol. The normalized spacial score (nSPS) is 13.8. The third-order valence-corrected chi connectivity index (χ3v) is 2.90. The number of aliphatic hydroxyl groups excluding tert-OH is 1. The molecule has 0 aliphatic heterocycles. The molecule has 128 valence electrons. The van der Waals surface area contributed by atoms with E-state index in [0.717, 1.165) is 5.56 Å². The van der Waals surface area contributed by atoms with Gasteiger partial charge in [-0.25, -0.2) is 4.79 Å². The molecule has 6 nitrogen and oxygen atoms in total. The summed E-state index contributed by atoms with van der Waals surface area (Å²) in [6.07, 6.45) is -1.73.